The third-order valence-electron chi connectivity index (χ3n) is 7.76. The number of carbonyl (C=O) groups excluding carboxylic acids is 3. The molecule has 0 spiro atoms. The molecule has 212 valence electrons. The fraction of sp³-hybridized carbons (Fsp3) is 0.679. The number of primary amides is 1. The monoisotopic (exact) mass is 536 g/mol. The zero-order valence-corrected chi connectivity index (χ0v) is 23.5. The second-order valence-electron chi connectivity index (χ2n) is 12.2. The molecule has 2 heterocycles. The zero-order chi connectivity index (χ0) is 28.5. The summed E-state index contributed by atoms with van der Waals surface area (Å²) >= 11 is 0. The van der Waals surface area contributed by atoms with Crippen LogP contribution in [0.1, 0.15) is 54.4 Å². The van der Waals surface area contributed by atoms with Gasteiger partial charge in [-0.3, -0.25) is 19.3 Å². The highest BCUT2D eigenvalue weighted by Crippen LogP contribution is 2.39. The molecule has 2 aliphatic heterocycles. The molecule has 5 atom stereocenters. The van der Waals surface area contributed by atoms with Gasteiger partial charge in [-0.1, -0.05) is 34.6 Å². The summed E-state index contributed by atoms with van der Waals surface area (Å²) in [5.74, 6) is -2.43. The smallest absolute Gasteiger partial charge is 0.240 e. The van der Waals surface area contributed by atoms with Crippen molar-refractivity contribution in [2.45, 2.75) is 78.6 Å². The zero-order valence-electron chi connectivity index (χ0n) is 23.5. The normalized spacial score (nSPS) is 23.1. The SMILES string of the molecule is CC(C)CC(=O)N1CC(COc2ccc(F)c(F)c2)C2C1CCN2C(=O)C(N(C)C(C)C(N)=O)C(C)(C)C. The lowest BCUT2D eigenvalue weighted by Gasteiger charge is -2.42. The van der Waals surface area contributed by atoms with Crippen molar-refractivity contribution in [1.29, 1.82) is 0 Å². The molecule has 3 amide bonds. The van der Waals surface area contributed by atoms with E-state index in [9.17, 15) is 23.2 Å². The molecule has 0 saturated carbocycles. The molecule has 2 N–H and O–H groups in total. The van der Waals surface area contributed by atoms with E-state index in [-0.39, 0.29) is 48.1 Å². The van der Waals surface area contributed by atoms with Crippen molar-refractivity contribution in [3.63, 3.8) is 0 Å². The summed E-state index contributed by atoms with van der Waals surface area (Å²) < 4.78 is 33.0. The van der Waals surface area contributed by atoms with Gasteiger partial charge in [0.15, 0.2) is 11.6 Å². The first-order valence-corrected chi connectivity index (χ1v) is 13.3. The molecule has 0 bridgehead atoms. The van der Waals surface area contributed by atoms with Crippen molar-refractivity contribution < 1.29 is 27.9 Å². The molecule has 0 aliphatic carbocycles. The average Bonchev–Trinajstić information content (AvgIpc) is 3.38. The molecule has 2 saturated heterocycles. The van der Waals surface area contributed by atoms with Gasteiger partial charge < -0.3 is 20.3 Å². The molecule has 38 heavy (non-hydrogen) atoms. The summed E-state index contributed by atoms with van der Waals surface area (Å²) in [5.41, 5.74) is 5.07. The molecule has 5 unspecified atom stereocenters. The van der Waals surface area contributed by atoms with E-state index in [1.165, 1.54) is 6.07 Å². The number of hydrogen-bond donors (Lipinski definition) is 1. The highest BCUT2D eigenvalue weighted by atomic mass is 19.2. The summed E-state index contributed by atoms with van der Waals surface area (Å²) in [4.78, 5) is 44.7. The van der Waals surface area contributed by atoms with Crippen LogP contribution in [0.4, 0.5) is 8.78 Å². The van der Waals surface area contributed by atoms with E-state index in [0.29, 0.717) is 25.9 Å². The second kappa shape index (κ2) is 11.6. The van der Waals surface area contributed by atoms with Crippen LogP contribution in [0.2, 0.25) is 0 Å². The largest absolute Gasteiger partial charge is 0.493 e. The van der Waals surface area contributed by atoms with E-state index >= 15 is 0 Å². The quantitative estimate of drug-likeness (QED) is 0.524. The van der Waals surface area contributed by atoms with Crippen molar-refractivity contribution in [1.82, 2.24) is 14.7 Å². The predicted molar refractivity (Wildman–Crippen MR) is 140 cm³/mol. The number of ether oxygens (including phenoxy) is 1. The average molecular weight is 537 g/mol. The van der Waals surface area contributed by atoms with Gasteiger partial charge in [0.2, 0.25) is 17.7 Å². The van der Waals surface area contributed by atoms with Crippen molar-refractivity contribution in [3.05, 3.63) is 29.8 Å². The maximum Gasteiger partial charge on any atom is 0.240 e. The van der Waals surface area contributed by atoms with Crippen LogP contribution < -0.4 is 10.5 Å². The number of nitrogens with two attached hydrogens (primary N) is 1. The highest BCUT2D eigenvalue weighted by molar-refractivity contribution is 5.86. The van der Waals surface area contributed by atoms with Gasteiger partial charge in [0.05, 0.1) is 30.8 Å². The van der Waals surface area contributed by atoms with Gasteiger partial charge in [0.1, 0.15) is 5.75 Å². The Hall–Kier alpha value is -2.75. The molecule has 0 aromatic heterocycles. The number of likely N-dealkylation sites (tertiary alicyclic amines) is 2. The van der Waals surface area contributed by atoms with Crippen LogP contribution in [-0.4, -0.2) is 83.3 Å². The number of benzene rings is 1. The van der Waals surface area contributed by atoms with E-state index < -0.39 is 35.0 Å². The summed E-state index contributed by atoms with van der Waals surface area (Å²) in [6.07, 6.45) is 1.03. The molecule has 0 radical (unpaired) electrons. The van der Waals surface area contributed by atoms with Crippen LogP contribution in [0.15, 0.2) is 18.2 Å². The molecule has 3 rings (SSSR count). The first-order valence-electron chi connectivity index (χ1n) is 13.3. The van der Waals surface area contributed by atoms with E-state index in [1.807, 2.05) is 44.4 Å². The third kappa shape index (κ3) is 6.27. The van der Waals surface area contributed by atoms with Crippen molar-refractivity contribution in [2.24, 2.45) is 23.0 Å². The number of halogens is 2. The first kappa shape index (κ1) is 29.8. The Morgan fingerprint density at radius 3 is 2.34 bits per heavy atom. The van der Waals surface area contributed by atoms with Crippen LogP contribution in [0.25, 0.3) is 0 Å². The third-order valence-corrected chi connectivity index (χ3v) is 7.76. The number of fused-ring (bicyclic) bond motifs is 1. The lowest BCUT2D eigenvalue weighted by atomic mass is 9.83. The Bertz CT molecular complexity index is 1040. The molecule has 8 nitrogen and oxygen atoms in total. The summed E-state index contributed by atoms with van der Waals surface area (Å²) in [6, 6.07) is 1.62. The maximum absolute atomic E-state index is 14.2. The Kier molecular flexibility index (Phi) is 9.06. The molecule has 1 aromatic carbocycles. The van der Waals surface area contributed by atoms with E-state index in [2.05, 4.69) is 0 Å². The number of rotatable bonds is 9. The lowest BCUT2D eigenvalue weighted by Crippen LogP contribution is -2.59. The van der Waals surface area contributed by atoms with Gasteiger partial charge in [0.25, 0.3) is 0 Å². The maximum atomic E-state index is 14.2. The number of carbonyl (C=O) groups is 3. The van der Waals surface area contributed by atoms with Gasteiger partial charge in [-0.2, -0.15) is 0 Å². The van der Waals surface area contributed by atoms with Crippen LogP contribution in [-0.2, 0) is 14.4 Å². The van der Waals surface area contributed by atoms with Crippen LogP contribution in [0.3, 0.4) is 0 Å². The molecular formula is C28H42F2N4O4. The Morgan fingerprint density at radius 2 is 1.79 bits per heavy atom. The molecular weight excluding hydrogens is 494 g/mol. The van der Waals surface area contributed by atoms with Crippen LogP contribution in [0, 0.1) is 28.9 Å². The minimum Gasteiger partial charge on any atom is -0.493 e. The van der Waals surface area contributed by atoms with Gasteiger partial charge in [0, 0.05) is 31.5 Å². The number of amides is 3. The number of hydrogen-bond acceptors (Lipinski definition) is 5. The van der Waals surface area contributed by atoms with E-state index in [1.54, 1.807) is 18.9 Å². The summed E-state index contributed by atoms with van der Waals surface area (Å²) in [5, 5.41) is 0. The van der Waals surface area contributed by atoms with Gasteiger partial charge in [-0.15, -0.1) is 0 Å². The minimum atomic E-state index is -1.00. The molecule has 10 heteroatoms. The molecule has 1 aromatic rings. The number of nitrogens with zero attached hydrogens (tertiary/aromatic N) is 3. The van der Waals surface area contributed by atoms with Gasteiger partial charge in [-0.05, 0) is 43.9 Å². The van der Waals surface area contributed by atoms with Gasteiger partial charge >= 0.3 is 0 Å². The second-order valence-corrected chi connectivity index (χ2v) is 12.2. The Balaban J connectivity index is 1.91. The van der Waals surface area contributed by atoms with Crippen molar-refractivity contribution in [3.8, 4) is 5.75 Å². The Morgan fingerprint density at radius 1 is 1.13 bits per heavy atom. The lowest BCUT2D eigenvalue weighted by molar-refractivity contribution is -0.145. The van der Waals surface area contributed by atoms with Crippen LogP contribution >= 0.6 is 0 Å². The van der Waals surface area contributed by atoms with Gasteiger partial charge in [-0.25, -0.2) is 8.78 Å². The van der Waals surface area contributed by atoms with E-state index in [0.717, 1.165) is 12.1 Å². The summed E-state index contributed by atoms with van der Waals surface area (Å²) in [6.45, 7) is 12.5. The standard InChI is InChI=1S/C28H42F2N4O4/c1-16(2)12-23(35)34-14-18(15-38-19-8-9-20(29)21(30)13-19)24-22(34)10-11-33(24)27(37)25(28(4,5)6)32(7)17(3)26(31)36/h8-9,13,16-18,22,24-25H,10-12,14-15H2,1-7H3,(H2,31,36). The topological polar surface area (TPSA) is 96.2 Å². The minimum absolute atomic E-state index is 0.0338. The summed E-state index contributed by atoms with van der Waals surface area (Å²) in [7, 11) is 1.73. The molecule has 2 aliphatic rings. The fourth-order valence-corrected chi connectivity index (χ4v) is 5.87. The van der Waals surface area contributed by atoms with Crippen LogP contribution in [0.5, 0.6) is 5.75 Å². The fourth-order valence-electron chi connectivity index (χ4n) is 5.87. The molecule has 2 fully saturated rings. The highest BCUT2D eigenvalue weighted by Gasteiger charge is 2.54. The van der Waals surface area contributed by atoms with Crippen molar-refractivity contribution >= 4 is 17.7 Å². The first-order chi connectivity index (χ1) is 17.6. The van der Waals surface area contributed by atoms with E-state index in [4.69, 9.17) is 10.5 Å². The number of likely N-dealkylation sites (N-methyl/N-ethyl adjacent to an activating group) is 1. The predicted octanol–water partition coefficient (Wildman–Crippen LogP) is 3.04. The van der Waals surface area contributed by atoms with Crippen molar-refractivity contribution in [2.75, 3.05) is 26.7 Å². The Labute approximate surface area is 224 Å².